The first-order valence-electron chi connectivity index (χ1n) is 9.33. The summed E-state index contributed by atoms with van der Waals surface area (Å²) >= 11 is 0. The quantitative estimate of drug-likeness (QED) is 0.531. The lowest BCUT2D eigenvalue weighted by molar-refractivity contribution is 0.0808. The SMILES string of the molecule is C/C=C/c1cc(OC)c(O[C@@H](C)C(=O)c2cc(OC)c(OC)c(OC)c2)c(OC)c1. The third kappa shape index (κ3) is 4.79. The fourth-order valence-corrected chi connectivity index (χ4v) is 2.99. The highest BCUT2D eigenvalue weighted by Gasteiger charge is 2.24. The molecule has 0 N–H and O–H groups in total. The average Bonchev–Trinajstić information content (AvgIpc) is 2.77. The molecule has 0 amide bonds. The van der Waals surface area contributed by atoms with Crippen LogP contribution in [0.1, 0.15) is 29.8 Å². The van der Waals surface area contributed by atoms with Gasteiger partial charge in [0.25, 0.3) is 0 Å². The minimum atomic E-state index is -0.830. The van der Waals surface area contributed by atoms with Crippen LogP contribution in [0, 0.1) is 0 Å². The van der Waals surface area contributed by atoms with Gasteiger partial charge in [-0.3, -0.25) is 4.79 Å². The van der Waals surface area contributed by atoms with Gasteiger partial charge in [0.05, 0.1) is 35.5 Å². The molecule has 0 fully saturated rings. The van der Waals surface area contributed by atoms with Gasteiger partial charge in [-0.25, -0.2) is 0 Å². The third-order valence-corrected chi connectivity index (χ3v) is 4.46. The number of methoxy groups -OCH3 is 5. The first-order chi connectivity index (χ1) is 14.4. The van der Waals surface area contributed by atoms with Gasteiger partial charge in [0, 0.05) is 5.56 Å². The summed E-state index contributed by atoms with van der Waals surface area (Å²) < 4.78 is 32.9. The van der Waals surface area contributed by atoms with E-state index in [1.165, 1.54) is 35.5 Å². The molecular weight excluding hydrogens is 388 g/mol. The van der Waals surface area contributed by atoms with E-state index in [-0.39, 0.29) is 5.78 Å². The van der Waals surface area contributed by atoms with E-state index in [4.69, 9.17) is 28.4 Å². The normalized spacial score (nSPS) is 11.7. The molecule has 0 aliphatic rings. The fourth-order valence-electron chi connectivity index (χ4n) is 2.99. The second kappa shape index (κ2) is 10.4. The fraction of sp³-hybridized carbons (Fsp3) is 0.348. The smallest absolute Gasteiger partial charge is 0.204 e. The van der Waals surface area contributed by atoms with Crippen molar-refractivity contribution in [1.82, 2.24) is 0 Å². The number of Topliss-reactive ketones (excluding diaryl/α,β-unsaturated/α-hetero) is 1. The predicted octanol–water partition coefficient (Wildman–Crippen LogP) is 4.41. The van der Waals surface area contributed by atoms with E-state index in [0.29, 0.717) is 40.1 Å². The topological polar surface area (TPSA) is 72.5 Å². The lowest BCUT2D eigenvalue weighted by atomic mass is 10.1. The van der Waals surface area contributed by atoms with Crippen LogP contribution in [0.3, 0.4) is 0 Å². The molecule has 0 bridgehead atoms. The third-order valence-electron chi connectivity index (χ3n) is 4.46. The number of allylic oxidation sites excluding steroid dienone is 1. The first-order valence-corrected chi connectivity index (χ1v) is 9.33. The van der Waals surface area contributed by atoms with E-state index in [0.717, 1.165) is 5.56 Å². The molecule has 1 atom stereocenters. The van der Waals surface area contributed by atoms with Gasteiger partial charge >= 0.3 is 0 Å². The van der Waals surface area contributed by atoms with Gasteiger partial charge in [0.1, 0.15) is 0 Å². The van der Waals surface area contributed by atoms with Crippen molar-refractivity contribution in [3.63, 3.8) is 0 Å². The second-order valence-electron chi connectivity index (χ2n) is 6.29. The number of hydrogen-bond donors (Lipinski definition) is 0. The van der Waals surface area contributed by atoms with Crippen LogP contribution >= 0.6 is 0 Å². The lowest BCUT2D eigenvalue weighted by Crippen LogP contribution is -2.24. The van der Waals surface area contributed by atoms with Gasteiger partial charge in [-0.1, -0.05) is 12.2 Å². The maximum Gasteiger partial charge on any atom is 0.204 e. The minimum Gasteiger partial charge on any atom is -0.493 e. The molecule has 0 aliphatic heterocycles. The van der Waals surface area contributed by atoms with Crippen LogP contribution in [0.5, 0.6) is 34.5 Å². The molecule has 0 saturated carbocycles. The van der Waals surface area contributed by atoms with Gasteiger partial charge < -0.3 is 28.4 Å². The van der Waals surface area contributed by atoms with Crippen molar-refractivity contribution >= 4 is 11.9 Å². The molecule has 0 aromatic heterocycles. The molecule has 7 heteroatoms. The zero-order valence-electron chi connectivity index (χ0n) is 18.4. The maximum absolute atomic E-state index is 13.1. The summed E-state index contributed by atoms with van der Waals surface area (Å²) in [5.41, 5.74) is 1.25. The van der Waals surface area contributed by atoms with E-state index in [2.05, 4.69) is 0 Å². The van der Waals surface area contributed by atoms with Crippen molar-refractivity contribution in [2.75, 3.05) is 35.5 Å². The Labute approximate surface area is 177 Å². The average molecular weight is 416 g/mol. The Morgan fingerprint density at radius 1 is 0.767 bits per heavy atom. The van der Waals surface area contributed by atoms with Crippen molar-refractivity contribution in [2.45, 2.75) is 20.0 Å². The number of carbonyl (C=O) groups excluding carboxylic acids is 1. The number of hydrogen-bond acceptors (Lipinski definition) is 7. The van der Waals surface area contributed by atoms with E-state index in [9.17, 15) is 4.79 Å². The molecular formula is C23H28O7. The summed E-state index contributed by atoms with van der Waals surface area (Å²) in [6.45, 7) is 3.58. The number of rotatable bonds is 10. The Bertz CT molecular complexity index is 868. The summed E-state index contributed by atoms with van der Waals surface area (Å²) in [5.74, 6) is 2.20. The lowest BCUT2D eigenvalue weighted by Gasteiger charge is -2.20. The van der Waals surface area contributed by atoms with Crippen molar-refractivity contribution < 1.29 is 33.2 Å². The largest absolute Gasteiger partial charge is 0.493 e. The van der Waals surface area contributed by atoms with Crippen molar-refractivity contribution in [3.05, 3.63) is 41.5 Å². The number of carbonyl (C=O) groups is 1. The van der Waals surface area contributed by atoms with Crippen LogP contribution in [0.25, 0.3) is 6.08 Å². The first kappa shape index (κ1) is 22.9. The highest BCUT2D eigenvalue weighted by atomic mass is 16.5. The van der Waals surface area contributed by atoms with E-state index in [1.54, 1.807) is 19.1 Å². The molecule has 30 heavy (non-hydrogen) atoms. The summed E-state index contributed by atoms with van der Waals surface area (Å²) in [6.07, 6.45) is 2.99. The molecule has 162 valence electrons. The molecule has 2 aromatic carbocycles. The van der Waals surface area contributed by atoms with Crippen LogP contribution in [-0.2, 0) is 0 Å². The van der Waals surface area contributed by atoms with Gasteiger partial charge in [-0.05, 0) is 43.7 Å². The predicted molar refractivity (Wildman–Crippen MR) is 115 cm³/mol. The maximum atomic E-state index is 13.1. The van der Waals surface area contributed by atoms with Gasteiger partial charge in [-0.15, -0.1) is 0 Å². The second-order valence-corrected chi connectivity index (χ2v) is 6.29. The molecule has 2 aromatic rings. The molecule has 0 saturated heterocycles. The van der Waals surface area contributed by atoms with Crippen LogP contribution in [0.4, 0.5) is 0 Å². The van der Waals surface area contributed by atoms with Gasteiger partial charge in [0.2, 0.25) is 17.3 Å². The number of ketones is 1. The highest BCUT2D eigenvalue weighted by molar-refractivity contribution is 6.00. The van der Waals surface area contributed by atoms with Crippen LogP contribution in [0.15, 0.2) is 30.3 Å². The van der Waals surface area contributed by atoms with E-state index >= 15 is 0 Å². The standard InChI is InChI=1S/C23H28O7/c1-8-9-15-10-17(25-3)23(18(11-15)26-4)30-14(2)21(24)16-12-19(27-5)22(29-7)20(13-16)28-6/h8-14H,1-7H3/b9-8+/t14-/m0/s1. The Morgan fingerprint density at radius 3 is 1.63 bits per heavy atom. The summed E-state index contributed by atoms with van der Waals surface area (Å²) in [7, 11) is 7.56. The molecule has 7 nitrogen and oxygen atoms in total. The Morgan fingerprint density at radius 2 is 1.23 bits per heavy atom. The Balaban J connectivity index is 2.41. The summed E-state index contributed by atoms with van der Waals surface area (Å²) in [5, 5.41) is 0. The zero-order valence-corrected chi connectivity index (χ0v) is 18.4. The monoisotopic (exact) mass is 416 g/mol. The molecule has 0 heterocycles. The molecule has 2 rings (SSSR count). The Hall–Kier alpha value is -3.35. The van der Waals surface area contributed by atoms with Crippen LogP contribution in [-0.4, -0.2) is 47.4 Å². The molecule has 0 unspecified atom stereocenters. The Kier molecular flexibility index (Phi) is 7.98. The molecule has 0 spiro atoms. The van der Waals surface area contributed by atoms with Gasteiger partial charge in [0.15, 0.2) is 29.1 Å². The minimum absolute atomic E-state index is 0.268. The van der Waals surface area contributed by atoms with E-state index < -0.39 is 6.10 Å². The van der Waals surface area contributed by atoms with Crippen molar-refractivity contribution in [1.29, 1.82) is 0 Å². The van der Waals surface area contributed by atoms with Gasteiger partial charge in [-0.2, -0.15) is 0 Å². The zero-order chi connectivity index (χ0) is 22.3. The van der Waals surface area contributed by atoms with Crippen molar-refractivity contribution in [3.8, 4) is 34.5 Å². The summed E-state index contributed by atoms with van der Waals surface area (Å²) in [4.78, 5) is 13.1. The highest BCUT2D eigenvalue weighted by Crippen LogP contribution is 2.41. The van der Waals surface area contributed by atoms with Crippen LogP contribution in [0.2, 0.25) is 0 Å². The van der Waals surface area contributed by atoms with Crippen LogP contribution < -0.4 is 28.4 Å². The number of ether oxygens (including phenoxy) is 6. The molecule has 0 radical (unpaired) electrons. The molecule has 0 aliphatic carbocycles. The van der Waals surface area contributed by atoms with E-state index in [1.807, 2.05) is 31.2 Å². The summed E-state index contributed by atoms with van der Waals surface area (Å²) in [6, 6.07) is 6.81. The number of benzene rings is 2. The van der Waals surface area contributed by atoms with Crippen molar-refractivity contribution in [2.24, 2.45) is 0 Å².